The molecule has 5 rings (SSSR count). The zero-order chi connectivity index (χ0) is 21.8. The number of benzene rings is 2. The first kappa shape index (κ1) is 20.1. The van der Waals surface area contributed by atoms with Gasteiger partial charge in [-0.15, -0.1) is 0 Å². The lowest BCUT2D eigenvalue weighted by Crippen LogP contribution is -2.64. The van der Waals surface area contributed by atoms with Gasteiger partial charge in [-0.05, 0) is 41.5 Å². The first-order valence-corrected chi connectivity index (χ1v) is 11.9. The number of carboxylic acids is 1. The smallest absolute Gasteiger partial charge is 0.409 e. The Morgan fingerprint density at radius 2 is 1.55 bits per heavy atom. The third-order valence-corrected chi connectivity index (χ3v) is 9.98. The summed E-state index contributed by atoms with van der Waals surface area (Å²) in [5.41, 5.74) is 4.58. The molecule has 3 aliphatic rings. The average molecular weight is 442 g/mol. The van der Waals surface area contributed by atoms with Gasteiger partial charge in [0.05, 0.1) is 4.75 Å². The predicted molar refractivity (Wildman–Crippen MR) is 114 cm³/mol. The largest absolute Gasteiger partial charge is 0.480 e. The van der Waals surface area contributed by atoms with Crippen LogP contribution in [0.15, 0.2) is 48.5 Å². The van der Waals surface area contributed by atoms with E-state index in [1.807, 2.05) is 24.3 Å². The molecule has 0 radical (unpaired) electrons. The number of carboxylic acid groups (broad SMARTS) is 1. The Hall–Kier alpha value is -2.87. The lowest BCUT2D eigenvalue weighted by molar-refractivity contribution is -0.137. The summed E-state index contributed by atoms with van der Waals surface area (Å²) in [5, 5.41) is 7.76. The van der Waals surface area contributed by atoms with E-state index in [1.54, 1.807) is 0 Å². The van der Waals surface area contributed by atoms with Gasteiger partial charge < -0.3 is 14.7 Å². The van der Waals surface area contributed by atoms with Crippen molar-refractivity contribution < 1.29 is 27.9 Å². The molecule has 1 amide bonds. The minimum absolute atomic E-state index is 0.0317. The Kier molecular flexibility index (Phi) is 4.58. The second-order valence-corrected chi connectivity index (χ2v) is 11.1. The maximum absolute atomic E-state index is 12.7. The van der Waals surface area contributed by atoms with Gasteiger partial charge in [0, 0.05) is 19.0 Å². The number of hydrogen-bond donors (Lipinski definition) is 1. The van der Waals surface area contributed by atoms with E-state index >= 15 is 0 Å². The lowest BCUT2D eigenvalue weighted by Gasteiger charge is -2.49. The summed E-state index contributed by atoms with van der Waals surface area (Å²) >= 11 is 0. The normalized spacial score (nSPS) is 23.0. The summed E-state index contributed by atoms with van der Waals surface area (Å²) in [6.45, 7) is 0.721. The van der Waals surface area contributed by atoms with Crippen molar-refractivity contribution in [1.82, 2.24) is 4.90 Å². The number of rotatable bonds is 3. The highest BCUT2D eigenvalue weighted by Gasteiger charge is 2.63. The van der Waals surface area contributed by atoms with Gasteiger partial charge in [-0.1, -0.05) is 48.5 Å². The van der Waals surface area contributed by atoms with Gasteiger partial charge in [-0.2, -0.15) is 0 Å². The molecule has 2 fully saturated rings. The number of sulfone groups is 1. The summed E-state index contributed by atoms with van der Waals surface area (Å²) in [7, 11) is -3.70. The van der Waals surface area contributed by atoms with Crippen LogP contribution in [-0.2, 0) is 19.4 Å². The molecule has 2 saturated heterocycles. The van der Waals surface area contributed by atoms with Crippen LogP contribution >= 0.6 is 0 Å². The van der Waals surface area contributed by atoms with Crippen LogP contribution < -0.4 is 0 Å². The second-order valence-electron chi connectivity index (χ2n) is 8.55. The van der Waals surface area contributed by atoms with Crippen LogP contribution in [0.3, 0.4) is 0 Å². The fourth-order valence-electron chi connectivity index (χ4n) is 5.26. The average Bonchev–Trinajstić information content (AvgIpc) is 3.09. The van der Waals surface area contributed by atoms with Crippen molar-refractivity contribution >= 4 is 21.9 Å². The second kappa shape index (κ2) is 7.09. The highest BCUT2D eigenvalue weighted by Crippen LogP contribution is 2.48. The van der Waals surface area contributed by atoms with E-state index in [-0.39, 0.29) is 44.9 Å². The molecular weight excluding hydrogens is 418 g/mol. The van der Waals surface area contributed by atoms with Crippen LogP contribution in [0.4, 0.5) is 4.79 Å². The number of fused-ring (bicyclic) bond motifs is 3. The maximum atomic E-state index is 12.7. The molecule has 2 aromatic rings. The Morgan fingerprint density at radius 1 is 1.00 bits per heavy atom. The van der Waals surface area contributed by atoms with E-state index in [9.17, 15) is 18.0 Å². The number of carbonyl (C=O) groups is 2. The molecule has 2 aromatic carbocycles. The molecule has 7 nitrogen and oxygen atoms in total. The first-order chi connectivity index (χ1) is 14.8. The molecule has 0 saturated carbocycles. The number of ether oxygens (including phenoxy) is 1. The molecule has 0 bridgehead atoms. The van der Waals surface area contributed by atoms with Gasteiger partial charge in [-0.3, -0.25) is 4.79 Å². The Balaban J connectivity index is 1.24. The minimum atomic E-state index is -3.70. The fourth-order valence-corrected chi connectivity index (χ4v) is 7.52. The highest BCUT2D eigenvalue weighted by molar-refractivity contribution is 7.95. The molecule has 2 heterocycles. The topological polar surface area (TPSA) is 101 Å². The summed E-state index contributed by atoms with van der Waals surface area (Å²) in [4.78, 5) is 25.3. The monoisotopic (exact) mass is 441 g/mol. The molecule has 1 unspecified atom stereocenters. The van der Waals surface area contributed by atoms with Crippen molar-refractivity contribution in [1.29, 1.82) is 0 Å². The van der Waals surface area contributed by atoms with Crippen molar-refractivity contribution in [2.75, 3.05) is 19.7 Å². The molecule has 1 N–H and O–H groups in total. The number of piperidine rings is 1. The van der Waals surface area contributed by atoms with E-state index in [1.165, 1.54) is 4.90 Å². The van der Waals surface area contributed by atoms with Crippen LogP contribution in [0.2, 0.25) is 0 Å². The first-order valence-electron chi connectivity index (χ1n) is 10.4. The van der Waals surface area contributed by atoms with Crippen molar-refractivity contribution in [3.63, 3.8) is 0 Å². The fraction of sp³-hybridized carbons (Fsp3) is 0.391. The molecule has 1 atom stereocenters. The van der Waals surface area contributed by atoms with Crippen LogP contribution in [0.5, 0.6) is 0 Å². The molecule has 31 heavy (non-hydrogen) atoms. The van der Waals surface area contributed by atoms with Crippen LogP contribution in [0.25, 0.3) is 11.1 Å². The summed E-state index contributed by atoms with van der Waals surface area (Å²) in [6, 6.07) is 16.2. The van der Waals surface area contributed by atoms with Gasteiger partial charge in [0.1, 0.15) is 6.61 Å². The number of nitrogens with zero attached hydrogens (tertiary/aromatic N) is 1. The molecule has 1 aliphatic carbocycles. The summed E-state index contributed by atoms with van der Waals surface area (Å²) in [6.07, 6.45) is 0.179. The molecule has 162 valence electrons. The van der Waals surface area contributed by atoms with Gasteiger partial charge in [-0.25, -0.2) is 13.2 Å². The third kappa shape index (κ3) is 2.96. The summed E-state index contributed by atoms with van der Waals surface area (Å²) < 4.78 is 29.6. The third-order valence-electron chi connectivity index (χ3n) is 7.08. The Labute approximate surface area is 180 Å². The van der Waals surface area contributed by atoms with E-state index in [2.05, 4.69) is 24.3 Å². The Bertz CT molecular complexity index is 1120. The summed E-state index contributed by atoms with van der Waals surface area (Å²) in [5.74, 6) is -1.32. The van der Waals surface area contributed by atoms with Crippen molar-refractivity contribution in [3.8, 4) is 11.1 Å². The van der Waals surface area contributed by atoms with Gasteiger partial charge in [0.15, 0.2) is 15.1 Å². The van der Waals surface area contributed by atoms with E-state index in [0.717, 1.165) is 22.3 Å². The van der Waals surface area contributed by atoms with E-state index in [0.29, 0.717) is 0 Å². The number of aliphatic carboxylic acids is 1. The minimum Gasteiger partial charge on any atom is -0.480 e. The number of amides is 1. The lowest BCUT2D eigenvalue weighted by atomic mass is 9.89. The molecule has 1 spiro atoms. The zero-order valence-corrected chi connectivity index (χ0v) is 17.7. The molecule has 0 aromatic heterocycles. The van der Waals surface area contributed by atoms with Crippen molar-refractivity contribution in [3.05, 3.63) is 59.7 Å². The zero-order valence-electron chi connectivity index (χ0n) is 16.9. The Morgan fingerprint density at radius 3 is 2.06 bits per heavy atom. The predicted octanol–water partition coefficient (Wildman–Crippen LogP) is 3.04. The highest BCUT2D eigenvalue weighted by atomic mass is 32.2. The van der Waals surface area contributed by atoms with Gasteiger partial charge >= 0.3 is 12.1 Å². The van der Waals surface area contributed by atoms with Crippen LogP contribution in [0, 0.1) is 0 Å². The van der Waals surface area contributed by atoms with Crippen molar-refractivity contribution in [2.45, 2.75) is 35.2 Å². The molecular formula is C23H23NO6S. The number of carbonyl (C=O) groups excluding carboxylic acids is 1. The number of likely N-dealkylation sites (tertiary alicyclic amines) is 1. The quantitative estimate of drug-likeness (QED) is 0.786. The van der Waals surface area contributed by atoms with E-state index in [4.69, 9.17) is 9.84 Å². The molecule has 8 heteroatoms. The van der Waals surface area contributed by atoms with Crippen LogP contribution in [-0.4, -0.2) is 60.2 Å². The van der Waals surface area contributed by atoms with Gasteiger partial charge in [0.2, 0.25) is 0 Å². The molecule has 2 aliphatic heterocycles. The standard InChI is InChI=1S/C23H23NO6S/c25-21(26)20-13-23(31(20,28)29)9-11-24(12-10-23)22(27)30-14-19-17-7-3-1-5-15(17)16-6-2-4-8-18(16)19/h1-8,19-20H,9-14H2,(H,25,26). The van der Waals surface area contributed by atoms with Crippen LogP contribution in [0.1, 0.15) is 36.3 Å². The number of hydrogen-bond acceptors (Lipinski definition) is 5. The van der Waals surface area contributed by atoms with Gasteiger partial charge in [0.25, 0.3) is 0 Å². The SMILES string of the molecule is O=C(O)C1CC2(CCN(C(=O)OCC3c4ccccc4-c4ccccc43)CC2)S1(=O)=O. The maximum Gasteiger partial charge on any atom is 0.409 e. The van der Waals surface area contributed by atoms with E-state index < -0.39 is 31.9 Å². The van der Waals surface area contributed by atoms with Crippen molar-refractivity contribution in [2.24, 2.45) is 0 Å².